The molecule has 3 nitrogen and oxygen atoms in total. The maximum absolute atomic E-state index is 12.6. The average molecular weight is 395 g/mol. The zero-order valence-corrected chi connectivity index (χ0v) is 17.2. The monoisotopic (exact) mass is 394 g/mol. The number of unbranched alkanes of at least 4 members (excludes halogenated alkanes) is 2. The van der Waals surface area contributed by atoms with E-state index in [1.807, 2.05) is 38.1 Å². The number of furan rings is 1. The fourth-order valence-corrected chi connectivity index (χ4v) is 4.02. The van der Waals surface area contributed by atoms with Gasteiger partial charge in [-0.25, -0.2) is 4.79 Å². The minimum absolute atomic E-state index is 0.229. The SMILES string of the molecule is CCCCCc1c(C)c2cc3c(-c4ccc(Cl)cc4)coc3c(C)c2oc1=O. The molecule has 0 fully saturated rings. The molecule has 2 aromatic carbocycles. The summed E-state index contributed by atoms with van der Waals surface area (Å²) in [6.07, 6.45) is 5.74. The Morgan fingerprint density at radius 1 is 0.964 bits per heavy atom. The molecule has 144 valence electrons. The van der Waals surface area contributed by atoms with E-state index >= 15 is 0 Å². The van der Waals surface area contributed by atoms with Crippen LogP contribution in [-0.2, 0) is 6.42 Å². The molecule has 2 aromatic heterocycles. The van der Waals surface area contributed by atoms with Crippen LogP contribution < -0.4 is 5.63 Å². The normalized spacial score (nSPS) is 11.6. The van der Waals surface area contributed by atoms with Crippen molar-refractivity contribution in [3.63, 3.8) is 0 Å². The lowest BCUT2D eigenvalue weighted by atomic mass is 9.96. The van der Waals surface area contributed by atoms with E-state index in [1.54, 1.807) is 6.26 Å². The van der Waals surface area contributed by atoms with Gasteiger partial charge in [-0.2, -0.15) is 0 Å². The minimum Gasteiger partial charge on any atom is -0.463 e. The second-order valence-corrected chi connectivity index (χ2v) is 7.80. The summed E-state index contributed by atoms with van der Waals surface area (Å²) in [5, 5.41) is 2.70. The van der Waals surface area contributed by atoms with Gasteiger partial charge in [0, 0.05) is 32.5 Å². The molecule has 0 spiro atoms. The lowest BCUT2D eigenvalue weighted by Gasteiger charge is -2.10. The second-order valence-electron chi connectivity index (χ2n) is 7.36. The van der Waals surface area contributed by atoms with Crippen molar-refractivity contribution < 1.29 is 8.83 Å². The maximum atomic E-state index is 12.6. The van der Waals surface area contributed by atoms with E-state index in [9.17, 15) is 4.79 Å². The van der Waals surface area contributed by atoms with Crippen molar-refractivity contribution in [2.24, 2.45) is 0 Å². The summed E-state index contributed by atoms with van der Waals surface area (Å²) in [6.45, 7) is 6.12. The van der Waals surface area contributed by atoms with Gasteiger partial charge in [-0.1, -0.05) is 43.5 Å². The van der Waals surface area contributed by atoms with Gasteiger partial charge in [0.05, 0.1) is 6.26 Å². The molecule has 0 unspecified atom stereocenters. The topological polar surface area (TPSA) is 43.4 Å². The molecule has 0 N–H and O–H groups in total. The Labute approximate surface area is 168 Å². The van der Waals surface area contributed by atoms with Gasteiger partial charge in [0.2, 0.25) is 0 Å². The molecule has 28 heavy (non-hydrogen) atoms. The van der Waals surface area contributed by atoms with Crippen molar-refractivity contribution in [1.82, 2.24) is 0 Å². The molecule has 0 aliphatic heterocycles. The summed E-state index contributed by atoms with van der Waals surface area (Å²) in [7, 11) is 0. The lowest BCUT2D eigenvalue weighted by molar-refractivity contribution is 0.540. The zero-order valence-electron chi connectivity index (χ0n) is 16.4. The van der Waals surface area contributed by atoms with Gasteiger partial charge in [-0.05, 0) is 56.0 Å². The van der Waals surface area contributed by atoms with E-state index in [0.717, 1.165) is 69.9 Å². The van der Waals surface area contributed by atoms with Crippen molar-refractivity contribution >= 4 is 33.5 Å². The van der Waals surface area contributed by atoms with E-state index in [0.29, 0.717) is 10.6 Å². The molecule has 0 aliphatic rings. The van der Waals surface area contributed by atoms with E-state index < -0.39 is 0 Å². The van der Waals surface area contributed by atoms with Gasteiger partial charge in [0.25, 0.3) is 0 Å². The third-order valence-corrected chi connectivity index (χ3v) is 5.78. The average Bonchev–Trinajstić information content (AvgIpc) is 3.10. The number of halogens is 1. The highest BCUT2D eigenvalue weighted by atomic mass is 35.5. The van der Waals surface area contributed by atoms with Crippen molar-refractivity contribution in [3.8, 4) is 11.1 Å². The largest absolute Gasteiger partial charge is 0.463 e. The Balaban J connectivity index is 1.94. The van der Waals surface area contributed by atoms with Gasteiger partial charge >= 0.3 is 5.63 Å². The summed E-state index contributed by atoms with van der Waals surface area (Å²) in [5.41, 5.74) is 5.84. The van der Waals surface area contributed by atoms with Crippen LogP contribution in [0.3, 0.4) is 0 Å². The number of benzene rings is 2. The molecular weight excluding hydrogens is 372 g/mol. The van der Waals surface area contributed by atoms with Gasteiger partial charge in [0.1, 0.15) is 11.2 Å². The van der Waals surface area contributed by atoms with Crippen molar-refractivity contribution in [1.29, 1.82) is 0 Å². The summed E-state index contributed by atoms with van der Waals surface area (Å²) in [4.78, 5) is 12.6. The molecule has 0 amide bonds. The summed E-state index contributed by atoms with van der Waals surface area (Å²) in [5.74, 6) is 0. The lowest BCUT2D eigenvalue weighted by Crippen LogP contribution is -2.10. The predicted molar refractivity (Wildman–Crippen MR) is 115 cm³/mol. The summed E-state index contributed by atoms with van der Waals surface area (Å²) in [6, 6.07) is 9.81. The van der Waals surface area contributed by atoms with Crippen LogP contribution in [0.15, 0.2) is 50.2 Å². The number of hydrogen-bond acceptors (Lipinski definition) is 3. The summed E-state index contributed by atoms with van der Waals surface area (Å²) >= 11 is 6.03. The second kappa shape index (κ2) is 7.48. The Kier molecular flexibility index (Phi) is 5.03. The molecule has 0 atom stereocenters. The molecule has 0 bridgehead atoms. The zero-order chi connectivity index (χ0) is 19.8. The van der Waals surface area contributed by atoms with Crippen LogP contribution in [0.5, 0.6) is 0 Å². The smallest absolute Gasteiger partial charge is 0.339 e. The van der Waals surface area contributed by atoms with Gasteiger partial charge in [0.15, 0.2) is 0 Å². The Morgan fingerprint density at radius 2 is 1.71 bits per heavy atom. The van der Waals surface area contributed by atoms with E-state index in [2.05, 4.69) is 13.0 Å². The molecule has 0 radical (unpaired) electrons. The Bertz CT molecular complexity index is 1210. The Hall–Kier alpha value is -2.52. The highest BCUT2D eigenvalue weighted by molar-refractivity contribution is 6.30. The van der Waals surface area contributed by atoms with Crippen LogP contribution in [0.1, 0.15) is 42.9 Å². The fraction of sp³-hybridized carbons (Fsp3) is 0.292. The van der Waals surface area contributed by atoms with Crippen LogP contribution in [-0.4, -0.2) is 0 Å². The third kappa shape index (κ3) is 3.14. The third-order valence-electron chi connectivity index (χ3n) is 5.53. The summed E-state index contributed by atoms with van der Waals surface area (Å²) < 4.78 is 11.6. The van der Waals surface area contributed by atoms with Crippen LogP contribution in [0.25, 0.3) is 33.1 Å². The molecule has 4 aromatic rings. The first-order chi connectivity index (χ1) is 13.5. The number of rotatable bonds is 5. The van der Waals surface area contributed by atoms with Gasteiger partial charge in [-0.15, -0.1) is 0 Å². The van der Waals surface area contributed by atoms with Gasteiger partial charge in [-0.3, -0.25) is 0 Å². The number of aryl methyl sites for hydroxylation is 2. The van der Waals surface area contributed by atoms with Crippen LogP contribution >= 0.6 is 11.6 Å². The first-order valence-corrected chi connectivity index (χ1v) is 10.1. The maximum Gasteiger partial charge on any atom is 0.339 e. The highest BCUT2D eigenvalue weighted by Gasteiger charge is 2.18. The molecule has 0 saturated heterocycles. The first kappa shape index (κ1) is 18.8. The molecule has 4 rings (SSSR count). The Morgan fingerprint density at radius 3 is 2.43 bits per heavy atom. The standard InChI is InChI=1S/C24H23ClO3/c1-4-5-6-7-18-14(2)19-12-20-21(16-8-10-17(25)11-9-16)13-27-22(20)15(3)23(19)28-24(18)26/h8-13H,4-7H2,1-3H3. The fourth-order valence-electron chi connectivity index (χ4n) is 3.89. The van der Waals surface area contributed by atoms with Crippen LogP contribution in [0, 0.1) is 13.8 Å². The molecule has 0 aliphatic carbocycles. The van der Waals surface area contributed by atoms with E-state index in [1.165, 1.54) is 0 Å². The van der Waals surface area contributed by atoms with Gasteiger partial charge < -0.3 is 8.83 Å². The van der Waals surface area contributed by atoms with E-state index in [-0.39, 0.29) is 5.63 Å². The van der Waals surface area contributed by atoms with E-state index in [4.69, 9.17) is 20.4 Å². The minimum atomic E-state index is -0.229. The van der Waals surface area contributed by atoms with Crippen LogP contribution in [0.4, 0.5) is 0 Å². The van der Waals surface area contributed by atoms with Crippen molar-refractivity contribution in [3.05, 3.63) is 68.7 Å². The molecule has 2 heterocycles. The predicted octanol–water partition coefficient (Wildman–Crippen LogP) is 7.21. The first-order valence-electron chi connectivity index (χ1n) is 9.74. The van der Waals surface area contributed by atoms with Crippen molar-refractivity contribution in [2.45, 2.75) is 46.5 Å². The molecule has 4 heteroatoms. The highest BCUT2D eigenvalue weighted by Crippen LogP contribution is 2.37. The molecule has 0 saturated carbocycles. The van der Waals surface area contributed by atoms with Crippen LogP contribution in [0.2, 0.25) is 5.02 Å². The molecular formula is C24H23ClO3. The quantitative estimate of drug-likeness (QED) is 0.265. The number of hydrogen-bond donors (Lipinski definition) is 0. The number of fused-ring (bicyclic) bond motifs is 2. The van der Waals surface area contributed by atoms with Crippen molar-refractivity contribution in [2.75, 3.05) is 0 Å².